The number of piperidine rings is 1. The van der Waals surface area contributed by atoms with E-state index in [4.69, 9.17) is 21.1 Å². The molecule has 1 aliphatic rings. The zero-order chi connectivity index (χ0) is 22.5. The van der Waals surface area contributed by atoms with Crippen LogP contribution in [-0.4, -0.2) is 38.3 Å². The average molecular weight is 525 g/mol. The van der Waals surface area contributed by atoms with Crippen molar-refractivity contribution in [1.82, 2.24) is 10.3 Å². The molecule has 1 aromatic heterocycles. The van der Waals surface area contributed by atoms with Gasteiger partial charge in [-0.2, -0.15) is 0 Å². The first kappa shape index (κ1) is 28.1. The number of rotatable bonds is 7. The first-order valence-electron chi connectivity index (χ1n) is 11.0. The fourth-order valence-corrected chi connectivity index (χ4v) is 4.56. The molecule has 184 valence electrons. The van der Waals surface area contributed by atoms with Crippen LogP contribution in [0.4, 0.5) is 5.69 Å². The Bertz CT molecular complexity index is 1060. The van der Waals surface area contributed by atoms with Gasteiger partial charge >= 0.3 is 0 Å². The summed E-state index contributed by atoms with van der Waals surface area (Å²) in [6.45, 7) is 4.90. The van der Waals surface area contributed by atoms with Gasteiger partial charge in [0, 0.05) is 41.3 Å². The molecule has 0 atom stereocenters. The molecule has 4 rings (SSSR count). The minimum absolute atomic E-state index is 0. The third-order valence-corrected chi connectivity index (χ3v) is 6.31. The van der Waals surface area contributed by atoms with Crippen LogP contribution < -0.4 is 19.7 Å². The number of hydrogen-bond donors (Lipinski definition) is 1. The Labute approximate surface area is 219 Å². The van der Waals surface area contributed by atoms with E-state index in [9.17, 15) is 0 Å². The maximum absolute atomic E-state index is 6.15. The maximum Gasteiger partial charge on any atom is 0.163 e. The van der Waals surface area contributed by atoms with Crippen molar-refractivity contribution in [1.29, 1.82) is 0 Å². The lowest BCUT2D eigenvalue weighted by Crippen LogP contribution is -2.43. The van der Waals surface area contributed by atoms with Gasteiger partial charge in [0.1, 0.15) is 0 Å². The Balaban J connectivity index is 0.00000204. The van der Waals surface area contributed by atoms with Gasteiger partial charge in [-0.25, -0.2) is 0 Å². The van der Waals surface area contributed by atoms with Gasteiger partial charge in [-0.15, -0.1) is 24.8 Å². The fourth-order valence-electron chi connectivity index (χ4n) is 4.43. The summed E-state index contributed by atoms with van der Waals surface area (Å²) in [7, 11) is 3.33. The Hall–Kier alpha value is -2.18. The molecular formula is C26H32Cl3N3O2. The van der Waals surface area contributed by atoms with E-state index in [-0.39, 0.29) is 24.8 Å². The highest BCUT2D eigenvalue weighted by Crippen LogP contribution is 2.36. The lowest BCUT2D eigenvalue weighted by molar-refractivity contribution is 0.353. The van der Waals surface area contributed by atoms with Gasteiger partial charge < -0.3 is 19.7 Å². The van der Waals surface area contributed by atoms with Crippen LogP contribution in [0, 0.1) is 6.92 Å². The van der Waals surface area contributed by atoms with E-state index < -0.39 is 0 Å². The van der Waals surface area contributed by atoms with Crippen LogP contribution in [-0.2, 0) is 6.54 Å². The van der Waals surface area contributed by atoms with E-state index in [1.54, 1.807) is 14.2 Å². The van der Waals surface area contributed by atoms with Crippen molar-refractivity contribution >= 4 is 42.1 Å². The minimum Gasteiger partial charge on any atom is -0.493 e. The monoisotopic (exact) mass is 523 g/mol. The molecular weight excluding hydrogens is 493 g/mol. The van der Waals surface area contributed by atoms with Crippen LogP contribution in [0.1, 0.15) is 24.0 Å². The highest BCUT2D eigenvalue weighted by Gasteiger charge is 2.22. The van der Waals surface area contributed by atoms with Crippen LogP contribution in [0.25, 0.3) is 11.1 Å². The Morgan fingerprint density at radius 2 is 1.68 bits per heavy atom. The van der Waals surface area contributed by atoms with Gasteiger partial charge in [-0.1, -0.05) is 11.6 Å². The number of aromatic nitrogens is 1. The molecule has 1 N–H and O–H groups in total. The number of nitrogens with one attached hydrogen (secondary N) is 1. The van der Waals surface area contributed by atoms with Gasteiger partial charge in [0.15, 0.2) is 11.5 Å². The van der Waals surface area contributed by atoms with Gasteiger partial charge in [0.05, 0.1) is 14.2 Å². The van der Waals surface area contributed by atoms with Crippen molar-refractivity contribution in [2.24, 2.45) is 0 Å². The molecule has 2 heterocycles. The molecule has 1 fully saturated rings. The molecule has 3 aromatic rings. The summed E-state index contributed by atoms with van der Waals surface area (Å²) in [5.74, 6) is 1.49. The number of benzene rings is 2. The first-order valence-corrected chi connectivity index (χ1v) is 11.4. The summed E-state index contributed by atoms with van der Waals surface area (Å²) in [5.41, 5.74) is 5.52. The van der Waals surface area contributed by atoms with Crippen LogP contribution in [0.15, 0.2) is 54.9 Å². The van der Waals surface area contributed by atoms with Crippen LogP contribution in [0.5, 0.6) is 11.5 Å². The van der Waals surface area contributed by atoms with Gasteiger partial charge in [-0.3, -0.25) is 4.98 Å². The van der Waals surface area contributed by atoms with Crippen LogP contribution >= 0.6 is 36.4 Å². The van der Waals surface area contributed by atoms with Crippen molar-refractivity contribution < 1.29 is 9.47 Å². The second-order valence-corrected chi connectivity index (χ2v) is 8.63. The lowest BCUT2D eigenvalue weighted by Gasteiger charge is -2.36. The lowest BCUT2D eigenvalue weighted by atomic mass is 10.0. The molecule has 0 aliphatic carbocycles. The number of hydrogen-bond acceptors (Lipinski definition) is 5. The molecule has 0 radical (unpaired) electrons. The predicted octanol–water partition coefficient (Wildman–Crippen LogP) is 6.33. The number of ether oxygens (including phenoxy) is 2. The Kier molecular flexibility index (Phi) is 10.8. The third-order valence-electron chi connectivity index (χ3n) is 6.05. The number of nitrogens with zero attached hydrogens (tertiary/aromatic N) is 2. The Morgan fingerprint density at radius 3 is 2.32 bits per heavy atom. The van der Waals surface area contributed by atoms with Gasteiger partial charge in [-0.05, 0) is 92.0 Å². The molecule has 0 spiro atoms. The molecule has 0 amide bonds. The predicted molar refractivity (Wildman–Crippen MR) is 146 cm³/mol. The number of halogens is 3. The molecule has 0 unspecified atom stereocenters. The normalized spacial score (nSPS) is 13.4. The number of methoxy groups -OCH3 is 2. The SMILES string of the molecule is COc1cc(-c2cncc(CN(c3ccc(Cl)cc3)C3CCNCC3)c2)cc(C)c1OC.Cl.Cl. The van der Waals surface area contributed by atoms with E-state index in [1.807, 2.05) is 37.5 Å². The summed E-state index contributed by atoms with van der Waals surface area (Å²) in [4.78, 5) is 7.05. The molecule has 0 saturated carbocycles. The highest BCUT2D eigenvalue weighted by atomic mass is 35.5. The summed E-state index contributed by atoms with van der Waals surface area (Å²) in [6, 6.07) is 15.0. The van der Waals surface area contributed by atoms with E-state index in [2.05, 4.69) is 39.5 Å². The highest BCUT2D eigenvalue weighted by molar-refractivity contribution is 6.30. The molecule has 2 aromatic carbocycles. The van der Waals surface area contributed by atoms with E-state index in [0.29, 0.717) is 6.04 Å². The smallest absolute Gasteiger partial charge is 0.163 e. The zero-order valence-corrected chi connectivity index (χ0v) is 22.1. The molecule has 1 aliphatic heterocycles. The molecule has 0 bridgehead atoms. The van der Waals surface area contributed by atoms with Crippen molar-refractivity contribution in [3.05, 3.63) is 71.0 Å². The first-order chi connectivity index (χ1) is 15.6. The molecule has 34 heavy (non-hydrogen) atoms. The Morgan fingerprint density at radius 1 is 0.971 bits per heavy atom. The summed E-state index contributed by atoms with van der Waals surface area (Å²) in [6.07, 6.45) is 6.09. The standard InChI is InChI=1S/C26H30ClN3O2.2ClH/c1-18-12-20(14-25(31-2)26(18)32-3)21-13-19(15-29-16-21)17-30(24-8-10-28-11-9-24)23-6-4-22(27)5-7-23;;/h4-7,12-16,24,28H,8-11,17H2,1-3H3;2*1H. The largest absolute Gasteiger partial charge is 0.493 e. The molecule has 8 heteroatoms. The van der Waals surface area contributed by atoms with Crippen molar-refractivity contribution in [3.63, 3.8) is 0 Å². The summed E-state index contributed by atoms with van der Waals surface area (Å²) < 4.78 is 11.0. The zero-order valence-electron chi connectivity index (χ0n) is 19.7. The quantitative estimate of drug-likeness (QED) is 0.391. The van der Waals surface area contributed by atoms with E-state index in [0.717, 1.165) is 65.7 Å². The van der Waals surface area contributed by atoms with E-state index in [1.165, 1.54) is 11.3 Å². The van der Waals surface area contributed by atoms with Crippen molar-refractivity contribution in [3.8, 4) is 22.6 Å². The second-order valence-electron chi connectivity index (χ2n) is 8.20. The topological polar surface area (TPSA) is 46.6 Å². The van der Waals surface area contributed by atoms with Gasteiger partial charge in [0.2, 0.25) is 0 Å². The maximum atomic E-state index is 6.15. The molecule has 1 saturated heterocycles. The van der Waals surface area contributed by atoms with Gasteiger partial charge in [0.25, 0.3) is 0 Å². The summed E-state index contributed by atoms with van der Waals surface area (Å²) in [5, 5.41) is 4.22. The van der Waals surface area contributed by atoms with Crippen molar-refractivity contribution in [2.75, 3.05) is 32.2 Å². The number of anilines is 1. The number of aryl methyl sites for hydroxylation is 1. The second kappa shape index (κ2) is 13.1. The van der Waals surface area contributed by atoms with E-state index >= 15 is 0 Å². The number of pyridine rings is 1. The fraction of sp³-hybridized carbons (Fsp3) is 0.346. The summed E-state index contributed by atoms with van der Waals surface area (Å²) >= 11 is 6.15. The third kappa shape index (κ3) is 6.48. The van der Waals surface area contributed by atoms with Crippen LogP contribution in [0.3, 0.4) is 0 Å². The average Bonchev–Trinajstić information content (AvgIpc) is 2.83. The minimum atomic E-state index is 0. The van der Waals surface area contributed by atoms with Crippen LogP contribution in [0.2, 0.25) is 5.02 Å². The molecule has 5 nitrogen and oxygen atoms in total. The van der Waals surface area contributed by atoms with Crippen molar-refractivity contribution in [2.45, 2.75) is 32.4 Å².